The number of piperidine rings is 1. The maximum atomic E-state index is 11.6. The van der Waals surface area contributed by atoms with Gasteiger partial charge in [-0.1, -0.05) is 42.0 Å². The first-order valence-corrected chi connectivity index (χ1v) is 10.7. The van der Waals surface area contributed by atoms with Gasteiger partial charge < -0.3 is 0 Å². The summed E-state index contributed by atoms with van der Waals surface area (Å²) in [6.45, 7) is 6.88. The van der Waals surface area contributed by atoms with Gasteiger partial charge in [-0.05, 0) is 38.4 Å². The van der Waals surface area contributed by atoms with Crippen molar-refractivity contribution in [3.63, 3.8) is 0 Å². The molecular formula is C19H28N2O2S. The van der Waals surface area contributed by atoms with Gasteiger partial charge in [0.2, 0.25) is 0 Å². The summed E-state index contributed by atoms with van der Waals surface area (Å²) >= 11 is 0. The van der Waals surface area contributed by atoms with Crippen LogP contribution in [0.25, 0.3) is 6.08 Å². The van der Waals surface area contributed by atoms with Crippen molar-refractivity contribution in [2.75, 3.05) is 44.2 Å². The van der Waals surface area contributed by atoms with Crippen molar-refractivity contribution < 1.29 is 8.42 Å². The molecule has 0 N–H and O–H groups in total. The quantitative estimate of drug-likeness (QED) is 0.837. The van der Waals surface area contributed by atoms with Crippen LogP contribution in [-0.2, 0) is 9.84 Å². The molecule has 0 amide bonds. The Morgan fingerprint density at radius 2 is 1.71 bits per heavy atom. The van der Waals surface area contributed by atoms with Gasteiger partial charge in [-0.15, -0.1) is 0 Å². The van der Waals surface area contributed by atoms with Gasteiger partial charge in [0.05, 0.1) is 11.5 Å². The maximum absolute atomic E-state index is 11.6. The molecule has 24 heavy (non-hydrogen) atoms. The van der Waals surface area contributed by atoms with E-state index >= 15 is 0 Å². The van der Waals surface area contributed by atoms with E-state index in [0.29, 0.717) is 17.5 Å². The molecule has 3 rings (SSSR count). The number of likely N-dealkylation sites (tertiary alicyclic amines) is 1. The number of nitrogens with zero attached hydrogens (tertiary/aromatic N) is 2. The highest BCUT2D eigenvalue weighted by Crippen LogP contribution is 2.20. The molecular weight excluding hydrogens is 320 g/mol. The topological polar surface area (TPSA) is 40.6 Å². The van der Waals surface area contributed by atoms with Crippen LogP contribution in [-0.4, -0.2) is 68.5 Å². The molecule has 0 atom stereocenters. The number of rotatable bonds is 4. The van der Waals surface area contributed by atoms with E-state index < -0.39 is 9.84 Å². The van der Waals surface area contributed by atoms with Crippen molar-refractivity contribution in [3.05, 3.63) is 41.5 Å². The highest BCUT2D eigenvalue weighted by molar-refractivity contribution is 7.91. The van der Waals surface area contributed by atoms with Gasteiger partial charge >= 0.3 is 0 Å². The van der Waals surface area contributed by atoms with Crippen LogP contribution in [0.15, 0.2) is 35.9 Å². The summed E-state index contributed by atoms with van der Waals surface area (Å²) in [5.41, 5.74) is 2.66. The summed E-state index contributed by atoms with van der Waals surface area (Å²) in [4.78, 5) is 4.91. The lowest BCUT2D eigenvalue weighted by molar-refractivity contribution is 0.120. The lowest BCUT2D eigenvalue weighted by Crippen LogP contribution is -2.50. The van der Waals surface area contributed by atoms with Crippen LogP contribution in [0.1, 0.15) is 25.3 Å². The molecule has 0 saturated carbocycles. The molecule has 2 heterocycles. The maximum Gasteiger partial charge on any atom is 0.152 e. The van der Waals surface area contributed by atoms with E-state index in [9.17, 15) is 8.42 Å². The van der Waals surface area contributed by atoms with E-state index in [1.54, 1.807) is 0 Å². The van der Waals surface area contributed by atoms with E-state index in [4.69, 9.17) is 0 Å². The summed E-state index contributed by atoms with van der Waals surface area (Å²) in [5, 5.41) is 0. The number of benzene rings is 1. The zero-order valence-corrected chi connectivity index (χ0v) is 15.3. The Morgan fingerprint density at radius 3 is 2.33 bits per heavy atom. The summed E-state index contributed by atoms with van der Waals surface area (Å²) in [5.74, 6) is 0.679. The van der Waals surface area contributed by atoms with Crippen molar-refractivity contribution in [3.8, 4) is 0 Å². The monoisotopic (exact) mass is 348 g/mol. The first-order valence-electron chi connectivity index (χ1n) is 8.91. The molecule has 2 aliphatic rings. The molecule has 1 aromatic carbocycles. The fraction of sp³-hybridized carbons (Fsp3) is 0.579. The van der Waals surface area contributed by atoms with E-state index in [1.165, 1.54) is 11.1 Å². The van der Waals surface area contributed by atoms with Crippen LogP contribution in [0, 0.1) is 0 Å². The van der Waals surface area contributed by atoms with Crippen LogP contribution in [0.2, 0.25) is 0 Å². The molecule has 1 aromatic rings. The summed E-state index contributed by atoms with van der Waals surface area (Å²) in [6.07, 6.45) is 4.57. The largest absolute Gasteiger partial charge is 0.299 e. The second-order valence-corrected chi connectivity index (χ2v) is 9.40. The van der Waals surface area contributed by atoms with Gasteiger partial charge in [0.1, 0.15) is 0 Å². The van der Waals surface area contributed by atoms with E-state index in [0.717, 1.165) is 45.6 Å². The molecule has 2 aliphatic heterocycles. The van der Waals surface area contributed by atoms with E-state index in [2.05, 4.69) is 47.1 Å². The predicted octanol–water partition coefficient (Wildman–Crippen LogP) is 2.28. The fourth-order valence-electron chi connectivity index (χ4n) is 3.77. The van der Waals surface area contributed by atoms with Crippen LogP contribution in [0.3, 0.4) is 0 Å². The number of hydrogen-bond acceptors (Lipinski definition) is 4. The second-order valence-electron chi connectivity index (χ2n) is 7.10. The smallest absolute Gasteiger partial charge is 0.152 e. The van der Waals surface area contributed by atoms with Crippen LogP contribution in [0.4, 0.5) is 0 Å². The molecule has 0 bridgehead atoms. The Kier molecular flexibility index (Phi) is 5.74. The van der Waals surface area contributed by atoms with Crippen molar-refractivity contribution in [1.82, 2.24) is 9.80 Å². The first kappa shape index (κ1) is 17.6. The highest BCUT2D eigenvalue weighted by atomic mass is 32.2. The summed E-state index contributed by atoms with van der Waals surface area (Å²) in [6, 6.07) is 11.0. The molecule has 2 fully saturated rings. The third kappa shape index (κ3) is 4.91. The molecule has 0 radical (unpaired) electrons. The fourth-order valence-corrected chi connectivity index (χ4v) is 5.00. The third-order valence-corrected chi connectivity index (χ3v) is 6.75. The Morgan fingerprint density at radius 1 is 1.08 bits per heavy atom. The van der Waals surface area contributed by atoms with Crippen molar-refractivity contribution in [2.24, 2.45) is 0 Å². The highest BCUT2D eigenvalue weighted by Gasteiger charge is 2.29. The normalized spacial score (nSPS) is 24.1. The lowest BCUT2D eigenvalue weighted by Gasteiger charge is -2.40. The molecule has 0 aromatic heterocycles. The first-order chi connectivity index (χ1) is 11.5. The van der Waals surface area contributed by atoms with E-state index in [1.807, 2.05) is 6.07 Å². The SMILES string of the molecule is C/C(=C\c1ccccc1)CN1CCC(N2CCS(=O)(=O)CC2)CC1. The Bertz CT molecular complexity index is 648. The van der Waals surface area contributed by atoms with Gasteiger partial charge in [0, 0.05) is 25.7 Å². The van der Waals surface area contributed by atoms with E-state index in [-0.39, 0.29) is 0 Å². The standard InChI is InChI=1S/C19H28N2O2S/c1-17(15-18-5-3-2-4-6-18)16-20-9-7-19(8-10-20)21-11-13-24(22,23)14-12-21/h2-6,15,19H,7-14,16H2,1H3/b17-15+. The second kappa shape index (κ2) is 7.81. The molecule has 132 valence electrons. The minimum atomic E-state index is -2.77. The molecule has 2 saturated heterocycles. The molecule has 5 heteroatoms. The Balaban J connectivity index is 1.46. The third-order valence-electron chi connectivity index (χ3n) is 5.14. The molecule has 4 nitrogen and oxygen atoms in total. The summed E-state index contributed by atoms with van der Waals surface area (Å²) in [7, 11) is -2.77. The lowest BCUT2D eigenvalue weighted by atomic mass is 10.0. The van der Waals surface area contributed by atoms with Crippen LogP contribution in [0.5, 0.6) is 0 Å². The minimum absolute atomic E-state index is 0.339. The zero-order chi connectivity index (χ0) is 17.0. The minimum Gasteiger partial charge on any atom is -0.299 e. The van der Waals surface area contributed by atoms with Crippen molar-refractivity contribution >= 4 is 15.9 Å². The van der Waals surface area contributed by atoms with Crippen molar-refractivity contribution in [2.45, 2.75) is 25.8 Å². The average molecular weight is 349 g/mol. The number of sulfone groups is 1. The Hall–Kier alpha value is -1.17. The predicted molar refractivity (Wildman–Crippen MR) is 99.8 cm³/mol. The molecule has 0 aliphatic carbocycles. The van der Waals surface area contributed by atoms with Gasteiger partial charge in [0.15, 0.2) is 9.84 Å². The van der Waals surface area contributed by atoms with Crippen LogP contribution < -0.4 is 0 Å². The van der Waals surface area contributed by atoms with Crippen LogP contribution >= 0.6 is 0 Å². The molecule has 0 spiro atoms. The van der Waals surface area contributed by atoms with Gasteiger partial charge in [-0.25, -0.2) is 8.42 Å². The summed E-state index contributed by atoms with van der Waals surface area (Å²) < 4.78 is 23.1. The van der Waals surface area contributed by atoms with Gasteiger partial charge in [-0.3, -0.25) is 9.80 Å². The molecule has 0 unspecified atom stereocenters. The zero-order valence-electron chi connectivity index (χ0n) is 14.5. The average Bonchev–Trinajstić information content (AvgIpc) is 2.56. The Labute approximate surface area is 146 Å². The van der Waals surface area contributed by atoms with Gasteiger partial charge in [-0.2, -0.15) is 0 Å². The number of hydrogen-bond donors (Lipinski definition) is 0. The van der Waals surface area contributed by atoms with Crippen molar-refractivity contribution in [1.29, 1.82) is 0 Å². The van der Waals surface area contributed by atoms with Gasteiger partial charge in [0.25, 0.3) is 0 Å².